The van der Waals surface area contributed by atoms with Crippen molar-refractivity contribution in [3.63, 3.8) is 0 Å². The highest BCUT2D eigenvalue weighted by Crippen LogP contribution is 2.11. The van der Waals surface area contributed by atoms with E-state index < -0.39 is 0 Å². The van der Waals surface area contributed by atoms with Crippen LogP contribution in [0, 0.1) is 6.92 Å². The monoisotopic (exact) mass is 298 g/mol. The van der Waals surface area contributed by atoms with Gasteiger partial charge < -0.3 is 0 Å². The lowest BCUT2D eigenvalue weighted by Crippen LogP contribution is -2.19. The van der Waals surface area contributed by atoms with Gasteiger partial charge >= 0.3 is 0 Å². The molecule has 6 heteroatoms. The van der Waals surface area contributed by atoms with E-state index in [4.69, 9.17) is 0 Å². The predicted molar refractivity (Wildman–Crippen MR) is 83.7 cm³/mol. The first-order valence-corrected chi connectivity index (χ1v) is 7.38. The minimum absolute atomic E-state index is 0.177. The number of aryl methyl sites for hydroxylation is 1. The Bertz CT molecular complexity index is 757. The largest absolute Gasteiger partial charge is 0.297 e. The van der Waals surface area contributed by atoms with E-state index in [1.54, 1.807) is 17.6 Å². The molecule has 21 heavy (non-hydrogen) atoms. The fourth-order valence-corrected chi connectivity index (χ4v) is 2.62. The highest BCUT2D eigenvalue weighted by molar-refractivity contribution is 7.15. The number of aromatic nitrogens is 2. The standard InChI is InChI=1S/C15H14N4OS/c1-11-2-4-12(5-3-11)9-16-18-14(20)8-13-10-19-6-7-21-15(19)17-13/h2-7,9-10H,8H2,1H3,(H,18,20). The SMILES string of the molecule is Cc1ccc(C=NNC(=O)Cc2cn3ccsc3n2)cc1. The highest BCUT2D eigenvalue weighted by Gasteiger charge is 2.07. The van der Waals surface area contributed by atoms with Gasteiger partial charge in [-0.05, 0) is 12.5 Å². The van der Waals surface area contributed by atoms with Gasteiger partial charge in [-0.15, -0.1) is 11.3 Å². The molecule has 0 aliphatic carbocycles. The third-order valence-electron chi connectivity index (χ3n) is 2.97. The Morgan fingerprint density at radius 1 is 1.43 bits per heavy atom. The van der Waals surface area contributed by atoms with E-state index in [9.17, 15) is 4.79 Å². The molecule has 2 aromatic heterocycles. The number of hydrazone groups is 1. The van der Waals surface area contributed by atoms with E-state index in [-0.39, 0.29) is 12.3 Å². The van der Waals surface area contributed by atoms with Crippen LogP contribution in [0.1, 0.15) is 16.8 Å². The molecule has 0 unspecified atom stereocenters. The summed E-state index contributed by atoms with van der Waals surface area (Å²) in [7, 11) is 0. The zero-order valence-corrected chi connectivity index (χ0v) is 12.3. The molecule has 0 spiro atoms. The number of benzene rings is 1. The summed E-state index contributed by atoms with van der Waals surface area (Å²) in [6, 6.07) is 7.91. The summed E-state index contributed by atoms with van der Waals surface area (Å²) in [5.41, 5.74) is 5.39. The number of hydrogen-bond donors (Lipinski definition) is 1. The van der Waals surface area contributed by atoms with Crippen molar-refractivity contribution < 1.29 is 4.79 Å². The van der Waals surface area contributed by atoms with Crippen molar-refractivity contribution in [1.29, 1.82) is 0 Å². The number of amides is 1. The van der Waals surface area contributed by atoms with Gasteiger partial charge in [0.2, 0.25) is 5.91 Å². The van der Waals surface area contributed by atoms with E-state index in [1.807, 2.05) is 53.4 Å². The van der Waals surface area contributed by atoms with Gasteiger partial charge in [0, 0.05) is 17.8 Å². The molecule has 1 N–H and O–H groups in total. The Morgan fingerprint density at radius 2 is 2.24 bits per heavy atom. The Kier molecular flexibility index (Phi) is 3.79. The van der Waals surface area contributed by atoms with Crippen LogP contribution in [0.2, 0.25) is 0 Å². The van der Waals surface area contributed by atoms with E-state index in [0.717, 1.165) is 16.2 Å². The van der Waals surface area contributed by atoms with Gasteiger partial charge in [-0.3, -0.25) is 9.20 Å². The molecular formula is C15H14N4OS. The quantitative estimate of drug-likeness (QED) is 0.594. The van der Waals surface area contributed by atoms with Crippen molar-refractivity contribution >= 4 is 28.4 Å². The molecule has 106 valence electrons. The summed E-state index contributed by atoms with van der Waals surface area (Å²) in [5, 5.41) is 5.91. The number of nitrogens with zero attached hydrogens (tertiary/aromatic N) is 3. The summed E-state index contributed by atoms with van der Waals surface area (Å²) in [6.07, 6.45) is 5.63. The number of imidazole rings is 1. The summed E-state index contributed by atoms with van der Waals surface area (Å²) in [4.78, 5) is 17.0. The fraction of sp³-hybridized carbons (Fsp3) is 0.133. The Labute approximate surface area is 126 Å². The molecule has 0 aliphatic heterocycles. The molecule has 0 fully saturated rings. The van der Waals surface area contributed by atoms with Gasteiger partial charge in [0.25, 0.3) is 0 Å². The molecule has 1 aromatic carbocycles. The normalized spacial score (nSPS) is 11.3. The highest BCUT2D eigenvalue weighted by atomic mass is 32.1. The topological polar surface area (TPSA) is 58.8 Å². The molecule has 0 radical (unpaired) electrons. The Morgan fingerprint density at radius 3 is 3.00 bits per heavy atom. The van der Waals surface area contributed by atoms with Crippen LogP contribution in [0.5, 0.6) is 0 Å². The third-order valence-corrected chi connectivity index (χ3v) is 3.74. The van der Waals surface area contributed by atoms with Gasteiger partial charge in [0.05, 0.1) is 18.3 Å². The van der Waals surface area contributed by atoms with Gasteiger partial charge in [0.1, 0.15) is 0 Å². The minimum atomic E-state index is -0.177. The zero-order chi connectivity index (χ0) is 14.7. The van der Waals surface area contributed by atoms with Crippen LogP contribution in [0.25, 0.3) is 4.96 Å². The molecule has 3 aromatic rings. The fourth-order valence-electron chi connectivity index (χ4n) is 1.90. The molecule has 0 bridgehead atoms. The maximum atomic E-state index is 11.8. The predicted octanol–water partition coefficient (Wildman–Crippen LogP) is 2.40. The second-order valence-electron chi connectivity index (χ2n) is 4.71. The van der Waals surface area contributed by atoms with Crippen LogP contribution < -0.4 is 5.43 Å². The van der Waals surface area contributed by atoms with Crippen LogP contribution in [0.4, 0.5) is 0 Å². The second-order valence-corrected chi connectivity index (χ2v) is 5.58. The Balaban J connectivity index is 1.56. The van der Waals surface area contributed by atoms with Crippen molar-refractivity contribution in [2.24, 2.45) is 5.10 Å². The molecule has 0 saturated carbocycles. The lowest BCUT2D eigenvalue weighted by atomic mass is 10.2. The van der Waals surface area contributed by atoms with Gasteiger partial charge in [-0.1, -0.05) is 29.8 Å². The Hall–Kier alpha value is -2.47. The average Bonchev–Trinajstić information content (AvgIpc) is 3.02. The number of carbonyl (C=O) groups is 1. The van der Waals surface area contributed by atoms with Crippen molar-refractivity contribution in [3.8, 4) is 0 Å². The van der Waals surface area contributed by atoms with Crippen molar-refractivity contribution in [1.82, 2.24) is 14.8 Å². The van der Waals surface area contributed by atoms with Crippen LogP contribution >= 0.6 is 11.3 Å². The first-order chi connectivity index (χ1) is 10.2. The zero-order valence-electron chi connectivity index (χ0n) is 11.5. The molecule has 0 aliphatic rings. The minimum Gasteiger partial charge on any atom is -0.297 e. The average molecular weight is 298 g/mol. The second kappa shape index (κ2) is 5.88. The smallest absolute Gasteiger partial charge is 0.246 e. The number of hydrogen-bond acceptors (Lipinski definition) is 4. The number of nitrogens with one attached hydrogen (secondary N) is 1. The van der Waals surface area contributed by atoms with Crippen molar-refractivity contribution in [2.75, 3.05) is 0 Å². The van der Waals surface area contributed by atoms with Crippen molar-refractivity contribution in [3.05, 3.63) is 58.9 Å². The molecule has 2 heterocycles. The molecule has 5 nitrogen and oxygen atoms in total. The molecule has 3 rings (SSSR count). The number of carbonyl (C=O) groups excluding carboxylic acids is 1. The van der Waals surface area contributed by atoms with Gasteiger partial charge in [-0.25, -0.2) is 10.4 Å². The third kappa shape index (κ3) is 3.35. The van der Waals surface area contributed by atoms with E-state index in [2.05, 4.69) is 15.5 Å². The maximum absolute atomic E-state index is 11.8. The van der Waals surface area contributed by atoms with Gasteiger partial charge in [0.15, 0.2) is 4.96 Å². The number of rotatable bonds is 4. The summed E-state index contributed by atoms with van der Waals surface area (Å²) < 4.78 is 1.91. The van der Waals surface area contributed by atoms with E-state index in [1.165, 1.54) is 5.56 Å². The number of thiazole rings is 1. The summed E-state index contributed by atoms with van der Waals surface area (Å²) >= 11 is 1.54. The molecule has 1 amide bonds. The first kappa shape index (κ1) is 13.5. The molecular weight excluding hydrogens is 284 g/mol. The van der Waals surface area contributed by atoms with E-state index in [0.29, 0.717) is 0 Å². The lowest BCUT2D eigenvalue weighted by molar-refractivity contribution is -0.120. The summed E-state index contributed by atoms with van der Waals surface area (Å²) in [6.45, 7) is 2.03. The van der Waals surface area contributed by atoms with Crippen LogP contribution in [0.3, 0.4) is 0 Å². The molecule has 0 atom stereocenters. The lowest BCUT2D eigenvalue weighted by Gasteiger charge is -1.97. The van der Waals surface area contributed by atoms with Gasteiger partial charge in [-0.2, -0.15) is 5.10 Å². The number of fused-ring (bicyclic) bond motifs is 1. The van der Waals surface area contributed by atoms with Crippen molar-refractivity contribution in [2.45, 2.75) is 13.3 Å². The van der Waals surface area contributed by atoms with E-state index >= 15 is 0 Å². The summed E-state index contributed by atoms with van der Waals surface area (Å²) in [5.74, 6) is -0.177. The molecule has 0 saturated heterocycles. The van der Waals surface area contributed by atoms with Crippen LogP contribution in [-0.4, -0.2) is 21.5 Å². The van der Waals surface area contributed by atoms with Crippen LogP contribution in [0.15, 0.2) is 47.1 Å². The van der Waals surface area contributed by atoms with Crippen LogP contribution in [-0.2, 0) is 11.2 Å². The first-order valence-electron chi connectivity index (χ1n) is 6.50. The maximum Gasteiger partial charge on any atom is 0.246 e.